The van der Waals surface area contributed by atoms with Crippen molar-refractivity contribution in [2.75, 3.05) is 6.61 Å². The molecule has 0 radical (unpaired) electrons. The van der Waals surface area contributed by atoms with E-state index in [9.17, 15) is 9.50 Å². The van der Waals surface area contributed by atoms with Gasteiger partial charge in [-0.15, -0.1) is 0 Å². The van der Waals surface area contributed by atoms with Gasteiger partial charge in [0.05, 0.1) is 0 Å². The van der Waals surface area contributed by atoms with Gasteiger partial charge in [0.15, 0.2) is 0 Å². The molecule has 2 aromatic carbocycles. The van der Waals surface area contributed by atoms with Crippen molar-refractivity contribution in [3.63, 3.8) is 0 Å². The topological polar surface area (TPSA) is 29.5 Å². The zero-order valence-electron chi connectivity index (χ0n) is 10.7. The number of halogens is 1. The van der Waals surface area contributed by atoms with Crippen LogP contribution in [0.15, 0.2) is 36.4 Å². The lowest BCUT2D eigenvalue weighted by atomic mass is 9.93. The van der Waals surface area contributed by atoms with Gasteiger partial charge in [-0.1, -0.05) is 31.2 Å². The molecule has 3 rings (SSSR count). The highest BCUT2D eigenvalue weighted by Crippen LogP contribution is 2.39. The summed E-state index contributed by atoms with van der Waals surface area (Å²) in [6.07, 6.45) is 0.531. The van der Waals surface area contributed by atoms with Gasteiger partial charge >= 0.3 is 0 Å². The summed E-state index contributed by atoms with van der Waals surface area (Å²) in [5, 5.41) is 9.18. The molecule has 0 saturated heterocycles. The van der Waals surface area contributed by atoms with Crippen molar-refractivity contribution >= 4 is 0 Å². The second kappa shape index (κ2) is 4.67. The van der Waals surface area contributed by atoms with Crippen molar-refractivity contribution in [3.05, 3.63) is 58.9 Å². The molecule has 2 aromatic rings. The standard InChI is InChI=1S/C16H15FO2/c1-10(9-18)12-6-7-15-13(16(12)17)8-11-4-2-3-5-14(11)19-15/h2-7,10,18H,8-9H2,1H3. The Morgan fingerprint density at radius 2 is 2.00 bits per heavy atom. The summed E-state index contributed by atoms with van der Waals surface area (Å²) in [4.78, 5) is 0. The van der Waals surface area contributed by atoms with Crippen molar-refractivity contribution in [1.82, 2.24) is 0 Å². The fourth-order valence-electron chi connectivity index (χ4n) is 2.42. The van der Waals surface area contributed by atoms with E-state index in [1.54, 1.807) is 12.1 Å². The first-order chi connectivity index (χ1) is 9.20. The number of hydrogen-bond donors (Lipinski definition) is 1. The minimum Gasteiger partial charge on any atom is -0.457 e. The third-order valence-electron chi connectivity index (χ3n) is 3.59. The smallest absolute Gasteiger partial charge is 0.134 e. The van der Waals surface area contributed by atoms with Gasteiger partial charge in [-0.05, 0) is 23.3 Å². The molecule has 1 unspecified atom stereocenters. The summed E-state index contributed by atoms with van der Waals surface area (Å²) in [6.45, 7) is 1.75. The quantitative estimate of drug-likeness (QED) is 0.760. The normalized spacial score (nSPS) is 14.3. The predicted molar refractivity (Wildman–Crippen MR) is 71.2 cm³/mol. The Balaban J connectivity index is 2.07. The second-order valence-electron chi connectivity index (χ2n) is 4.92. The van der Waals surface area contributed by atoms with Crippen LogP contribution in [0.1, 0.15) is 29.5 Å². The van der Waals surface area contributed by atoms with Gasteiger partial charge < -0.3 is 9.84 Å². The highest BCUT2D eigenvalue weighted by Gasteiger charge is 2.23. The molecule has 0 fully saturated rings. The first-order valence-corrected chi connectivity index (χ1v) is 6.38. The molecule has 1 atom stereocenters. The average Bonchev–Trinajstić information content (AvgIpc) is 2.45. The van der Waals surface area contributed by atoms with E-state index in [2.05, 4.69) is 0 Å². The lowest BCUT2D eigenvalue weighted by Gasteiger charge is -2.22. The fourth-order valence-corrected chi connectivity index (χ4v) is 2.42. The Kier molecular flexibility index (Phi) is 2.99. The molecule has 0 amide bonds. The molecular weight excluding hydrogens is 243 g/mol. The third-order valence-corrected chi connectivity index (χ3v) is 3.59. The summed E-state index contributed by atoms with van der Waals surface area (Å²) < 4.78 is 20.2. The zero-order valence-corrected chi connectivity index (χ0v) is 10.7. The SMILES string of the molecule is CC(CO)c1ccc2c(c1F)Cc1ccccc1O2. The molecule has 98 valence electrons. The van der Waals surface area contributed by atoms with Crippen LogP contribution >= 0.6 is 0 Å². The van der Waals surface area contributed by atoms with Crippen LogP contribution in [0, 0.1) is 5.82 Å². The molecule has 1 aliphatic heterocycles. The van der Waals surface area contributed by atoms with Gasteiger partial charge in [0.1, 0.15) is 17.3 Å². The molecular formula is C16H15FO2. The van der Waals surface area contributed by atoms with Gasteiger partial charge in [-0.3, -0.25) is 0 Å². The van der Waals surface area contributed by atoms with Gasteiger partial charge in [0.2, 0.25) is 0 Å². The largest absolute Gasteiger partial charge is 0.457 e. The first kappa shape index (κ1) is 12.2. The maximum absolute atomic E-state index is 14.5. The number of ether oxygens (including phenoxy) is 1. The first-order valence-electron chi connectivity index (χ1n) is 6.38. The molecule has 19 heavy (non-hydrogen) atoms. The molecule has 1 heterocycles. The molecule has 0 bridgehead atoms. The lowest BCUT2D eigenvalue weighted by Crippen LogP contribution is -2.10. The van der Waals surface area contributed by atoms with Gasteiger partial charge in [-0.25, -0.2) is 4.39 Å². The van der Waals surface area contributed by atoms with E-state index >= 15 is 0 Å². The molecule has 2 nitrogen and oxygen atoms in total. The summed E-state index contributed by atoms with van der Waals surface area (Å²) >= 11 is 0. The Hall–Kier alpha value is -1.87. The molecule has 0 aliphatic carbocycles. The zero-order chi connectivity index (χ0) is 13.4. The number of fused-ring (bicyclic) bond motifs is 2. The lowest BCUT2D eigenvalue weighted by molar-refractivity contribution is 0.270. The Bertz CT molecular complexity index is 622. The van der Waals surface area contributed by atoms with Crippen molar-refractivity contribution < 1.29 is 14.2 Å². The number of rotatable bonds is 2. The average molecular weight is 258 g/mol. The minimum atomic E-state index is -0.256. The molecule has 0 aromatic heterocycles. The number of aliphatic hydroxyl groups is 1. The third kappa shape index (κ3) is 2.00. The van der Waals surface area contributed by atoms with Crippen molar-refractivity contribution in [3.8, 4) is 11.5 Å². The van der Waals surface area contributed by atoms with E-state index in [4.69, 9.17) is 4.74 Å². The number of benzene rings is 2. The summed E-state index contributed by atoms with van der Waals surface area (Å²) in [7, 11) is 0. The van der Waals surface area contributed by atoms with Gasteiger partial charge in [0, 0.05) is 24.5 Å². The van der Waals surface area contributed by atoms with Crippen LogP contribution in [0.3, 0.4) is 0 Å². The molecule has 1 aliphatic rings. The van der Waals surface area contributed by atoms with E-state index < -0.39 is 0 Å². The number of hydrogen-bond acceptors (Lipinski definition) is 2. The van der Waals surface area contributed by atoms with Crippen LogP contribution < -0.4 is 4.74 Å². The van der Waals surface area contributed by atoms with Crippen LogP contribution in [-0.2, 0) is 6.42 Å². The maximum atomic E-state index is 14.5. The van der Waals surface area contributed by atoms with Gasteiger partial charge in [-0.2, -0.15) is 0 Å². The number of aliphatic hydroxyl groups excluding tert-OH is 1. The van der Waals surface area contributed by atoms with E-state index in [-0.39, 0.29) is 18.3 Å². The number of para-hydroxylation sites is 1. The van der Waals surface area contributed by atoms with E-state index in [1.165, 1.54) is 0 Å². The van der Waals surface area contributed by atoms with Crippen molar-refractivity contribution in [2.24, 2.45) is 0 Å². The fraction of sp³-hybridized carbons (Fsp3) is 0.250. The van der Waals surface area contributed by atoms with Crippen LogP contribution in [0.2, 0.25) is 0 Å². The molecule has 0 saturated carbocycles. The van der Waals surface area contributed by atoms with Crippen molar-refractivity contribution in [1.29, 1.82) is 0 Å². The summed E-state index contributed by atoms with van der Waals surface area (Å²) in [6, 6.07) is 11.1. The summed E-state index contributed by atoms with van der Waals surface area (Å²) in [5.74, 6) is 0.901. The monoisotopic (exact) mass is 258 g/mol. The van der Waals surface area contributed by atoms with Crippen LogP contribution in [-0.4, -0.2) is 11.7 Å². The molecule has 1 N–H and O–H groups in total. The highest BCUT2D eigenvalue weighted by atomic mass is 19.1. The molecule has 3 heteroatoms. The summed E-state index contributed by atoms with van der Waals surface area (Å²) in [5.41, 5.74) is 2.11. The Morgan fingerprint density at radius 1 is 1.21 bits per heavy atom. The Labute approximate surface area is 111 Å². The predicted octanol–water partition coefficient (Wildman–Crippen LogP) is 3.62. The van der Waals surface area contributed by atoms with Gasteiger partial charge in [0.25, 0.3) is 0 Å². The van der Waals surface area contributed by atoms with E-state index in [0.717, 1.165) is 11.3 Å². The molecule has 0 spiro atoms. The van der Waals surface area contributed by atoms with Crippen LogP contribution in [0.5, 0.6) is 11.5 Å². The maximum Gasteiger partial charge on any atom is 0.134 e. The minimum absolute atomic E-state index is 0.0624. The van der Waals surface area contributed by atoms with Crippen LogP contribution in [0.25, 0.3) is 0 Å². The van der Waals surface area contributed by atoms with Crippen LogP contribution in [0.4, 0.5) is 4.39 Å². The second-order valence-corrected chi connectivity index (χ2v) is 4.92. The van der Waals surface area contributed by atoms with E-state index in [1.807, 2.05) is 31.2 Å². The Morgan fingerprint density at radius 3 is 2.79 bits per heavy atom. The highest BCUT2D eigenvalue weighted by molar-refractivity contribution is 5.51. The van der Waals surface area contributed by atoms with E-state index in [0.29, 0.717) is 23.3 Å². The van der Waals surface area contributed by atoms with Crippen molar-refractivity contribution in [2.45, 2.75) is 19.3 Å².